The number of amides is 2. The molecule has 0 bridgehead atoms. The fourth-order valence-corrected chi connectivity index (χ4v) is 2.28. The minimum absolute atomic E-state index is 0.141. The highest BCUT2D eigenvalue weighted by Crippen LogP contribution is 2.27. The van der Waals surface area contributed by atoms with Gasteiger partial charge in [-0.3, -0.25) is 9.59 Å². The fraction of sp³-hybridized carbons (Fsp3) is 0.200. The molecule has 2 amide bonds. The molecule has 19 heavy (non-hydrogen) atoms. The summed E-state index contributed by atoms with van der Waals surface area (Å²) in [6.45, 7) is 1.76. The maximum atomic E-state index is 11.8. The lowest BCUT2D eigenvalue weighted by Crippen LogP contribution is -2.26. The first-order valence-corrected chi connectivity index (χ1v) is 6.09. The molecule has 0 radical (unpaired) electrons. The highest BCUT2D eigenvalue weighted by molar-refractivity contribution is 6.08. The van der Waals surface area contributed by atoms with Crippen molar-refractivity contribution in [3.8, 4) is 0 Å². The number of primary amides is 1. The summed E-state index contributed by atoms with van der Waals surface area (Å²) >= 11 is 0. The van der Waals surface area contributed by atoms with E-state index in [2.05, 4.69) is 5.32 Å². The van der Waals surface area contributed by atoms with Gasteiger partial charge in [0.25, 0.3) is 0 Å². The summed E-state index contributed by atoms with van der Waals surface area (Å²) in [5.41, 5.74) is 6.57. The zero-order valence-electron chi connectivity index (χ0n) is 10.9. The van der Waals surface area contributed by atoms with Crippen LogP contribution in [0.1, 0.15) is 28.8 Å². The van der Waals surface area contributed by atoms with Crippen molar-refractivity contribution < 1.29 is 9.59 Å². The predicted molar refractivity (Wildman–Crippen MR) is 74.9 cm³/mol. The molecule has 1 atom stereocenters. The summed E-state index contributed by atoms with van der Waals surface area (Å²) in [7, 11) is 1.57. The largest absolute Gasteiger partial charge is 0.366 e. The van der Waals surface area contributed by atoms with Crippen LogP contribution in [0.5, 0.6) is 0 Å². The first kappa shape index (κ1) is 13.1. The zero-order valence-corrected chi connectivity index (χ0v) is 10.9. The Bertz CT molecular complexity index is 650. The minimum Gasteiger partial charge on any atom is -0.366 e. The summed E-state index contributed by atoms with van der Waals surface area (Å²) in [5.74, 6) is -1.07. The molecule has 3 N–H and O–H groups in total. The maximum Gasteiger partial charge on any atom is 0.249 e. The first-order valence-electron chi connectivity index (χ1n) is 6.09. The second kappa shape index (κ2) is 5.10. The number of carbonyl (C=O) groups excluding carboxylic acids is 2. The third-order valence-corrected chi connectivity index (χ3v) is 3.31. The molecule has 2 aromatic rings. The van der Waals surface area contributed by atoms with Crippen molar-refractivity contribution in [1.82, 2.24) is 5.32 Å². The monoisotopic (exact) mass is 256 g/mol. The van der Waals surface area contributed by atoms with Gasteiger partial charge in [-0.2, -0.15) is 0 Å². The molecule has 0 aliphatic carbocycles. The van der Waals surface area contributed by atoms with Gasteiger partial charge in [-0.1, -0.05) is 36.4 Å². The van der Waals surface area contributed by atoms with Gasteiger partial charge < -0.3 is 11.1 Å². The van der Waals surface area contributed by atoms with Crippen LogP contribution in [0, 0.1) is 0 Å². The molecule has 0 heterocycles. The van der Waals surface area contributed by atoms with Crippen LogP contribution >= 0.6 is 0 Å². The van der Waals surface area contributed by atoms with E-state index >= 15 is 0 Å². The van der Waals surface area contributed by atoms with Crippen molar-refractivity contribution in [2.75, 3.05) is 7.05 Å². The number of nitrogens with two attached hydrogens (primary N) is 1. The zero-order chi connectivity index (χ0) is 14.0. The smallest absolute Gasteiger partial charge is 0.249 e. The van der Waals surface area contributed by atoms with E-state index in [-0.39, 0.29) is 5.91 Å². The van der Waals surface area contributed by atoms with E-state index in [1.165, 1.54) is 0 Å². The van der Waals surface area contributed by atoms with Gasteiger partial charge in [0.15, 0.2) is 0 Å². The molecule has 0 saturated carbocycles. The molecule has 0 aliphatic heterocycles. The lowest BCUT2D eigenvalue weighted by molar-refractivity contribution is -0.121. The van der Waals surface area contributed by atoms with Crippen molar-refractivity contribution in [3.63, 3.8) is 0 Å². The summed E-state index contributed by atoms with van der Waals surface area (Å²) in [6.07, 6.45) is 0. The van der Waals surface area contributed by atoms with Crippen LogP contribution in [0.3, 0.4) is 0 Å². The van der Waals surface area contributed by atoms with Crippen molar-refractivity contribution in [1.29, 1.82) is 0 Å². The highest BCUT2D eigenvalue weighted by atomic mass is 16.2. The number of nitrogens with one attached hydrogen (secondary N) is 1. The van der Waals surface area contributed by atoms with Gasteiger partial charge >= 0.3 is 0 Å². The van der Waals surface area contributed by atoms with E-state index in [0.717, 1.165) is 10.8 Å². The SMILES string of the molecule is CNC(=O)C(C)c1ccc2ccccc2c1C(N)=O. The first-order chi connectivity index (χ1) is 9.06. The van der Waals surface area contributed by atoms with Gasteiger partial charge in [-0.25, -0.2) is 0 Å². The number of carbonyl (C=O) groups is 2. The normalized spacial score (nSPS) is 12.1. The number of fused-ring (bicyclic) bond motifs is 1. The molecule has 1 unspecified atom stereocenters. The number of rotatable bonds is 3. The molecule has 0 spiro atoms. The van der Waals surface area contributed by atoms with Crippen LogP contribution in [-0.2, 0) is 4.79 Å². The third-order valence-electron chi connectivity index (χ3n) is 3.31. The second-order valence-corrected chi connectivity index (χ2v) is 4.45. The van der Waals surface area contributed by atoms with Gasteiger partial charge in [0, 0.05) is 7.05 Å². The molecular weight excluding hydrogens is 240 g/mol. The van der Waals surface area contributed by atoms with Gasteiger partial charge in [-0.05, 0) is 23.3 Å². The van der Waals surface area contributed by atoms with Crippen LogP contribution in [0.2, 0.25) is 0 Å². The van der Waals surface area contributed by atoms with Crippen LogP contribution < -0.4 is 11.1 Å². The Morgan fingerprint density at radius 2 is 1.84 bits per heavy atom. The van der Waals surface area contributed by atoms with E-state index in [1.54, 1.807) is 20.0 Å². The molecule has 0 saturated heterocycles. The van der Waals surface area contributed by atoms with Crippen molar-refractivity contribution >= 4 is 22.6 Å². The fourth-order valence-electron chi connectivity index (χ4n) is 2.28. The Morgan fingerprint density at radius 3 is 2.47 bits per heavy atom. The molecule has 2 aromatic carbocycles. The standard InChI is InChI=1S/C15H16N2O2/c1-9(15(19)17-2)11-8-7-10-5-3-4-6-12(10)13(11)14(16)18/h3-9H,1-2H3,(H2,16,18)(H,17,19). The van der Waals surface area contributed by atoms with Crippen LogP contribution in [-0.4, -0.2) is 18.9 Å². The second-order valence-electron chi connectivity index (χ2n) is 4.45. The van der Waals surface area contributed by atoms with Crippen molar-refractivity contribution in [2.45, 2.75) is 12.8 Å². The lowest BCUT2D eigenvalue weighted by atomic mass is 9.90. The Balaban J connectivity index is 2.71. The van der Waals surface area contributed by atoms with Gasteiger partial charge in [0.05, 0.1) is 11.5 Å². The van der Waals surface area contributed by atoms with E-state index in [4.69, 9.17) is 5.73 Å². The number of benzene rings is 2. The van der Waals surface area contributed by atoms with E-state index in [1.807, 2.05) is 30.3 Å². The summed E-state index contributed by atoms with van der Waals surface area (Å²) in [6, 6.07) is 11.2. The molecule has 0 fully saturated rings. The molecular formula is C15H16N2O2. The molecule has 4 nitrogen and oxygen atoms in total. The summed E-state index contributed by atoms with van der Waals surface area (Å²) in [5, 5.41) is 4.30. The average Bonchev–Trinajstić information content (AvgIpc) is 2.44. The molecule has 4 heteroatoms. The van der Waals surface area contributed by atoms with Gasteiger partial charge in [-0.15, -0.1) is 0 Å². The Kier molecular flexibility index (Phi) is 3.51. The number of hydrogen-bond acceptors (Lipinski definition) is 2. The highest BCUT2D eigenvalue weighted by Gasteiger charge is 2.21. The number of hydrogen-bond donors (Lipinski definition) is 2. The topological polar surface area (TPSA) is 72.2 Å². The predicted octanol–water partition coefficient (Wildman–Crippen LogP) is 1.79. The quantitative estimate of drug-likeness (QED) is 0.878. The van der Waals surface area contributed by atoms with Crippen molar-refractivity contribution in [3.05, 3.63) is 47.5 Å². The maximum absolute atomic E-state index is 11.8. The Morgan fingerprint density at radius 1 is 1.16 bits per heavy atom. The summed E-state index contributed by atoms with van der Waals surface area (Å²) in [4.78, 5) is 23.5. The molecule has 0 aromatic heterocycles. The van der Waals surface area contributed by atoms with Crippen LogP contribution in [0.25, 0.3) is 10.8 Å². The summed E-state index contributed by atoms with van der Waals surface area (Å²) < 4.78 is 0. The van der Waals surface area contributed by atoms with E-state index in [9.17, 15) is 9.59 Å². The average molecular weight is 256 g/mol. The Hall–Kier alpha value is -2.36. The lowest BCUT2D eigenvalue weighted by Gasteiger charge is -2.15. The van der Waals surface area contributed by atoms with E-state index < -0.39 is 11.8 Å². The molecule has 0 aliphatic rings. The van der Waals surface area contributed by atoms with Gasteiger partial charge in [0.1, 0.15) is 0 Å². The van der Waals surface area contributed by atoms with Crippen LogP contribution in [0.15, 0.2) is 36.4 Å². The van der Waals surface area contributed by atoms with Crippen LogP contribution in [0.4, 0.5) is 0 Å². The molecule has 98 valence electrons. The number of likely N-dealkylation sites (N-methyl/N-ethyl adjacent to an activating group) is 1. The van der Waals surface area contributed by atoms with Crippen molar-refractivity contribution in [2.24, 2.45) is 5.73 Å². The van der Waals surface area contributed by atoms with Gasteiger partial charge in [0.2, 0.25) is 11.8 Å². The minimum atomic E-state index is -0.512. The molecule has 2 rings (SSSR count). The van der Waals surface area contributed by atoms with E-state index in [0.29, 0.717) is 11.1 Å². The third kappa shape index (κ3) is 2.29. The Labute approximate surface area is 111 Å².